The van der Waals surface area contributed by atoms with E-state index in [9.17, 15) is 14.4 Å². The maximum absolute atomic E-state index is 13.9. The van der Waals surface area contributed by atoms with Gasteiger partial charge in [0.1, 0.15) is 10.8 Å². The number of likely N-dealkylation sites (tertiary alicyclic amines) is 2. The highest BCUT2D eigenvalue weighted by molar-refractivity contribution is 6.29. The number of fused-ring (bicyclic) bond motifs is 3. The Bertz CT molecular complexity index is 1610. The molecule has 2 aliphatic rings. The lowest BCUT2D eigenvalue weighted by Gasteiger charge is -2.39. The number of aromatic nitrogens is 3. The Labute approximate surface area is 243 Å². The van der Waals surface area contributed by atoms with Crippen LogP contribution in [0.2, 0.25) is 5.15 Å². The zero-order chi connectivity index (χ0) is 28.9. The molecule has 41 heavy (non-hydrogen) atoms. The third-order valence-corrected chi connectivity index (χ3v) is 8.55. The Balaban J connectivity index is 1.13. The van der Waals surface area contributed by atoms with E-state index in [-0.39, 0.29) is 36.1 Å². The fourth-order valence-corrected chi connectivity index (χ4v) is 6.22. The summed E-state index contributed by atoms with van der Waals surface area (Å²) in [6.07, 6.45) is 2.49. The standard InChI is InChI=1S/C32H32ClN5O3/c1-32(2,3)23(15-28(39)27-13-19-7-4-5-8-24(19)35-27)30(40)37-17-22-14-21(37)18-38(22)31(41)26-12-11-20(16-34-26)25-9-6-10-29(33)36-25/h4-13,16,21-23,35H,14-15,17-18H2,1-3H3/t21-,22-,23+/m0/s1. The monoisotopic (exact) mass is 569 g/mol. The van der Waals surface area contributed by atoms with Crippen molar-refractivity contribution in [1.29, 1.82) is 0 Å². The van der Waals surface area contributed by atoms with E-state index in [4.69, 9.17) is 11.6 Å². The highest BCUT2D eigenvalue weighted by Gasteiger charge is 2.50. The SMILES string of the molecule is CC(C)(C)[C@H](CC(=O)c1cc2ccccc2[nH]1)C(=O)N1C[C@@H]2C[C@H]1CN2C(=O)c1ccc(-c2cccc(Cl)n2)cn1. The van der Waals surface area contributed by atoms with Crippen LogP contribution in [0.25, 0.3) is 22.2 Å². The number of carbonyl (C=O) groups excluding carboxylic acids is 3. The number of Topliss-reactive ketones (excluding diaryl/α,β-unsaturated/α-hetero) is 1. The van der Waals surface area contributed by atoms with Crippen molar-refractivity contribution in [3.8, 4) is 11.3 Å². The molecule has 8 nitrogen and oxygen atoms in total. The molecule has 0 radical (unpaired) electrons. The minimum Gasteiger partial charge on any atom is -0.352 e. The van der Waals surface area contributed by atoms with E-state index >= 15 is 0 Å². The molecule has 0 saturated carbocycles. The molecule has 1 aromatic carbocycles. The number of aromatic amines is 1. The van der Waals surface area contributed by atoms with Gasteiger partial charge in [0, 0.05) is 42.2 Å². The highest BCUT2D eigenvalue weighted by Crippen LogP contribution is 2.38. The summed E-state index contributed by atoms with van der Waals surface area (Å²) >= 11 is 6.01. The summed E-state index contributed by atoms with van der Waals surface area (Å²) in [7, 11) is 0. The van der Waals surface area contributed by atoms with Gasteiger partial charge in [-0.1, -0.05) is 56.6 Å². The molecule has 210 valence electrons. The highest BCUT2D eigenvalue weighted by atomic mass is 35.5. The second kappa shape index (κ2) is 10.4. The minimum absolute atomic E-state index is 0.0157. The summed E-state index contributed by atoms with van der Waals surface area (Å²) < 4.78 is 0. The van der Waals surface area contributed by atoms with Gasteiger partial charge in [-0.25, -0.2) is 4.98 Å². The van der Waals surface area contributed by atoms with Crippen molar-refractivity contribution in [2.24, 2.45) is 11.3 Å². The molecule has 6 rings (SSSR count). The van der Waals surface area contributed by atoms with E-state index in [1.165, 1.54) is 0 Å². The van der Waals surface area contributed by atoms with E-state index in [0.29, 0.717) is 35.3 Å². The Morgan fingerprint density at radius 1 is 1.00 bits per heavy atom. The number of benzene rings is 1. The molecule has 3 atom stereocenters. The number of H-pyrrole nitrogens is 1. The lowest BCUT2D eigenvalue weighted by molar-refractivity contribution is -0.141. The predicted molar refractivity (Wildman–Crippen MR) is 158 cm³/mol. The molecule has 2 bridgehead atoms. The molecule has 2 saturated heterocycles. The number of halogens is 1. The van der Waals surface area contributed by atoms with Crippen LogP contribution in [0.3, 0.4) is 0 Å². The van der Waals surface area contributed by atoms with Crippen molar-refractivity contribution in [1.82, 2.24) is 24.8 Å². The Kier molecular flexibility index (Phi) is 6.90. The number of hydrogen-bond acceptors (Lipinski definition) is 5. The van der Waals surface area contributed by atoms with Crippen molar-refractivity contribution in [3.05, 3.63) is 83.4 Å². The van der Waals surface area contributed by atoms with Gasteiger partial charge in [-0.15, -0.1) is 0 Å². The third-order valence-electron chi connectivity index (χ3n) is 8.34. The first-order valence-electron chi connectivity index (χ1n) is 13.9. The smallest absolute Gasteiger partial charge is 0.272 e. The number of nitrogens with zero attached hydrogens (tertiary/aromatic N) is 4. The number of carbonyl (C=O) groups is 3. The molecule has 2 fully saturated rings. The molecule has 0 spiro atoms. The summed E-state index contributed by atoms with van der Waals surface area (Å²) in [4.78, 5) is 56.2. The fourth-order valence-electron chi connectivity index (χ4n) is 6.06. The topological polar surface area (TPSA) is 99.3 Å². The molecule has 2 amide bonds. The molecule has 5 heterocycles. The van der Waals surface area contributed by atoms with Gasteiger partial charge >= 0.3 is 0 Å². The first kappa shape index (κ1) is 27.1. The minimum atomic E-state index is -0.473. The fraction of sp³-hybridized carbons (Fsp3) is 0.344. The first-order valence-corrected chi connectivity index (χ1v) is 14.3. The molecule has 2 aliphatic heterocycles. The first-order chi connectivity index (χ1) is 19.6. The average Bonchev–Trinajstić information content (AvgIpc) is 3.69. The van der Waals surface area contributed by atoms with Gasteiger partial charge in [-0.2, -0.15) is 0 Å². The average molecular weight is 570 g/mol. The molecule has 1 N–H and O–H groups in total. The molecule has 9 heteroatoms. The van der Waals surface area contributed by atoms with E-state index < -0.39 is 11.3 Å². The van der Waals surface area contributed by atoms with Gasteiger partial charge in [-0.3, -0.25) is 19.4 Å². The molecular formula is C32H32ClN5O3. The largest absolute Gasteiger partial charge is 0.352 e. The van der Waals surface area contributed by atoms with Crippen LogP contribution < -0.4 is 0 Å². The molecular weight excluding hydrogens is 538 g/mol. The summed E-state index contributed by atoms with van der Waals surface area (Å²) in [5.41, 5.74) is 2.85. The van der Waals surface area contributed by atoms with Gasteiger partial charge in [-0.05, 0) is 48.2 Å². The Morgan fingerprint density at radius 2 is 1.76 bits per heavy atom. The van der Waals surface area contributed by atoms with Gasteiger partial charge in [0.2, 0.25) is 5.91 Å². The van der Waals surface area contributed by atoms with Crippen molar-refractivity contribution in [3.63, 3.8) is 0 Å². The van der Waals surface area contributed by atoms with Crippen molar-refractivity contribution >= 4 is 40.1 Å². The predicted octanol–water partition coefficient (Wildman–Crippen LogP) is 5.64. The Morgan fingerprint density at radius 3 is 2.41 bits per heavy atom. The van der Waals surface area contributed by atoms with Gasteiger partial charge in [0.05, 0.1) is 29.4 Å². The van der Waals surface area contributed by atoms with Crippen LogP contribution in [0.15, 0.2) is 66.9 Å². The number of ketones is 1. The lowest BCUT2D eigenvalue weighted by Crippen LogP contribution is -2.53. The van der Waals surface area contributed by atoms with Crippen LogP contribution in [-0.4, -0.2) is 67.5 Å². The zero-order valence-corrected chi connectivity index (χ0v) is 24.1. The van der Waals surface area contributed by atoms with Crippen molar-refractivity contribution in [2.45, 2.75) is 45.7 Å². The number of nitrogens with one attached hydrogen (secondary N) is 1. The number of piperazine rings is 1. The normalized spacial score (nSPS) is 19.1. The number of rotatable bonds is 6. The summed E-state index contributed by atoms with van der Waals surface area (Å²) in [5.74, 6) is -0.702. The summed E-state index contributed by atoms with van der Waals surface area (Å²) in [5, 5.41) is 1.37. The maximum Gasteiger partial charge on any atom is 0.272 e. The molecule has 4 aromatic rings. The van der Waals surface area contributed by atoms with E-state index in [1.54, 1.807) is 18.3 Å². The maximum atomic E-state index is 13.9. The lowest BCUT2D eigenvalue weighted by atomic mass is 9.76. The number of pyridine rings is 2. The van der Waals surface area contributed by atoms with Crippen molar-refractivity contribution < 1.29 is 14.4 Å². The van der Waals surface area contributed by atoms with Gasteiger partial charge < -0.3 is 14.8 Å². The van der Waals surface area contributed by atoms with Crippen LogP contribution in [0.4, 0.5) is 0 Å². The van der Waals surface area contributed by atoms with Gasteiger partial charge in [0.15, 0.2) is 5.78 Å². The summed E-state index contributed by atoms with van der Waals surface area (Å²) in [6, 6.07) is 18.4. The van der Waals surface area contributed by atoms with Crippen molar-refractivity contribution in [2.75, 3.05) is 13.1 Å². The third kappa shape index (κ3) is 5.24. The second-order valence-electron chi connectivity index (χ2n) is 12.1. The Hall–Kier alpha value is -4.04. The van der Waals surface area contributed by atoms with Crippen LogP contribution in [0, 0.1) is 11.3 Å². The summed E-state index contributed by atoms with van der Waals surface area (Å²) in [6.45, 7) is 6.94. The molecule has 3 aromatic heterocycles. The van der Waals surface area contributed by atoms with Crippen LogP contribution in [0.1, 0.15) is 54.6 Å². The van der Waals surface area contributed by atoms with Crippen LogP contribution in [-0.2, 0) is 4.79 Å². The van der Waals surface area contributed by atoms with E-state index in [2.05, 4.69) is 15.0 Å². The number of para-hydroxylation sites is 1. The van der Waals surface area contributed by atoms with E-state index in [0.717, 1.165) is 22.9 Å². The van der Waals surface area contributed by atoms with Crippen LogP contribution in [0.5, 0.6) is 0 Å². The molecule has 0 aliphatic carbocycles. The second-order valence-corrected chi connectivity index (χ2v) is 12.5. The quantitative estimate of drug-likeness (QED) is 0.239. The van der Waals surface area contributed by atoms with Gasteiger partial charge in [0.25, 0.3) is 5.91 Å². The molecule has 0 unspecified atom stereocenters. The number of hydrogen-bond donors (Lipinski definition) is 1. The number of amides is 2. The van der Waals surface area contributed by atoms with Crippen LogP contribution >= 0.6 is 11.6 Å². The zero-order valence-electron chi connectivity index (χ0n) is 23.3. The van der Waals surface area contributed by atoms with E-state index in [1.807, 2.05) is 79.1 Å².